The minimum absolute atomic E-state index is 0.0262. The molecular weight excluding hydrogens is 218 g/mol. The van der Waals surface area contributed by atoms with Gasteiger partial charge in [-0.15, -0.1) is 6.58 Å². The van der Waals surface area contributed by atoms with E-state index >= 15 is 0 Å². The third kappa shape index (κ3) is 2.52. The van der Waals surface area contributed by atoms with E-state index in [1.165, 1.54) is 12.8 Å². The monoisotopic (exact) mass is 237 g/mol. The predicted octanol–water partition coefficient (Wildman–Crippen LogP) is 1.34. The van der Waals surface area contributed by atoms with Crippen LogP contribution in [0.3, 0.4) is 0 Å². The van der Waals surface area contributed by atoms with Crippen molar-refractivity contribution in [2.45, 2.75) is 18.9 Å². The molecule has 4 heteroatoms. The second-order valence-corrected chi connectivity index (χ2v) is 4.48. The van der Waals surface area contributed by atoms with Gasteiger partial charge in [-0.05, 0) is 12.8 Å². The van der Waals surface area contributed by atoms with E-state index in [2.05, 4.69) is 11.5 Å². The molecule has 94 valence electrons. The van der Waals surface area contributed by atoms with Crippen LogP contribution in [0.2, 0.25) is 0 Å². The van der Waals surface area contributed by atoms with Crippen molar-refractivity contribution in [1.82, 2.24) is 4.90 Å². The van der Waals surface area contributed by atoms with E-state index in [-0.39, 0.29) is 18.0 Å². The lowest BCUT2D eigenvalue weighted by atomic mass is 10.0. The summed E-state index contributed by atoms with van der Waals surface area (Å²) in [6.45, 7) is 6.33. The van der Waals surface area contributed by atoms with Gasteiger partial charge in [0, 0.05) is 32.2 Å². The molecule has 0 N–H and O–H groups in total. The standard InChI is InChI=1S/C13H19NO3/c1-3-10(9-16-2)13-11(8-12(15)17-13)14-6-4-5-7-14/h3,8,10,13H,1,4-7,9H2,2H3/t10-,13+/m0/s1. The Bertz CT molecular complexity index is 332. The quantitative estimate of drug-likeness (QED) is 0.534. The van der Waals surface area contributed by atoms with E-state index < -0.39 is 0 Å². The second kappa shape index (κ2) is 5.36. The van der Waals surface area contributed by atoms with Crippen molar-refractivity contribution >= 4 is 5.97 Å². The predicted molar refractivity (Wildman–Crippen MR) is 64.3 cm³/mol. The summed E-state index contributed by atoms with van der Waals surface area (Å²) in [7, 11) is 1.65. The summed E-state index contributed by atoms with van der Waals surface area (Å²) in [5, 5.41) is 0. The lowest BCUT2D eigenvalue weighted by Crippen LogP contribution is -2.33. The van der Waals surface area contributed by atoms with Gasteiger partial charge in [-0.3, -0.25) is 0 Å². The molecule has 0 saturated carbocycles. The SMILES string of the molecule is C=C[C@@H](COC)[C@H]1OC(=O)C=C1N1CCCC1. The first-order valence-corrected chi connectivity index (χ1v) is 6.05. The highest BCUT2D eigenvalue weighted by Crippen LogP contribution is 2.29. The number of ether oxygens (including phenoxy) is 2. The topological polar surface area (TPSA) is 38.8 Å². The Morgan fingerprint density at radius 2 is 2.35 bits per heavy atom. The van der Waals surface area contributed by atoms with Crippen molar-refractivity contribution in [1.29, 1.82) is 0 Å². The van der Waals surface area contributed by atoms with Gasteiger partial charge in [0.1, 0.15) is 0 Å². The Morgan fingerprint density at radius 1 is 1.65 bits per heavy atom. The minimum Gasteiger partial charge on any atom is -0.452 e. The number of hydrogen-bond acceptors (Lipinski definition) is 4. The molecular formula is C13H19NO3. The van der Waals surface area contributed by atoms with Crippen LogP contribution in [-0.4, -0.2) is 43.8 Å². The van der Waals surface area contributed by atoms with Crippen LogP contribution in [0.4, 0.5) is 0 Å². The first kappa shape index (κ1) is 12.2. The van der Waals surface area contributed by atoms with E-state index in [4.69, 9.17) is 9.47 Å². The highest BCUT2D eigenvalue weighted by Gasteiger charge is 2.35. The molecule has 0 aromatic heterocycles. The van der Waals surface area contributed by atoms with Crippen LogP contribution >= 0.6 is 0 Å². The molecule has 0 aliphatic carbocycles. The van der Waals surface area contributed by atoms with Crippen LogP contribution in [0.1, 0.15) is 12.8 Å². The minimum atomic E-state index is -0.250. The maximum absolute atomic E-state index is 11.4. The van der Waals surface area contributed by atoms with Gasteiger partial charge in [0.15, 0.2) is 6.10 Å². The third-order valence-electron chi connectivity index (χ3n) is 3.32. The van der Waals surface area contributed by atoms with Crippen LogP contribution in [0.15, 0.2) is 24.4 Å². The number of methoxy groups -OCH3 is 1. The molecule has 0 unspecified atom stereocenters. The number of likely N-dealkylation sites (tertiary alicyclic amines) is 1. The maximum atomic E-state index is 11.4. The molecule has 2 rings (SSSR count). The highest BCUT2D eigenvalue weighted by molar-refractivity contribution is 5.85. The summed E-state index contributed by atoms with van der Waals surface area (Å²) in [4.78, 5) is 13.7. The molecule has 2 aliphatic heterocycles. The van der Waals surface area contributed by atoms with Gasteiger partial charge < -0.3 is 14.4 Å². The summed E-state index contributed by atoms with van der Waals surface area (Å²) in [5.74, 6) is -0.224. The molecule has 0 amide bonds. The number of carbonyl (C=O) groups excluding carboxylic acids is 1. The van der Waals surface area contributed by atoms with Crippen molar-refractivity contribution < 1.29 is 14.3 Å². The number of rotatable bonds is 5. The average Bonchev–Trinajstić information content (AvgIpc) is 2.94. The number of nitrogens with zero attached hydrogens (tertiary/aromatic N) is 1. The molecule has 2 heterocycles. The Hall–Kier alpha value is -1.29. The Kier molecular flexibility index (Phi) is 3.84. The molecule has 17 heavy (non-hydrogen) atoms. The zero-order valence-corrected chi connectivity index (χ0v) is 10.2. The van der Waals surface area contributed by atoms with Crippen molar-refractivity contribution in [2.75, 3.05) is 26.8 Å². The van der Waals surface area contributed by atoms with Gasteiger partial charge in [0.2, 0.25) is 0 Å². The van der Waals surface area contributed by atoms with Gasteiger partial charge in [-0.1, -0.05) is 6.08 Å². The Morgan fingerprint density at radius 3 is 2.94 bits per heavy atom. The molecule has 0 radical (unpaired) electrons. The molecule has 0 aromatic rings. The van der Waals surface area contributed by atoms with Gasteiger partial charge in [0.25, 0.3) is 0 Å². The van der Waals surface area contributed by atoms with Crippen LogP contribution in [0.5, 0.6) is 0 Å². The van der Waals surface area contributed by atoms with Crippen LogP contribution in [0.25, 0.3) is 0 Å². The first-order valence-electron chi connectivity index (χ1n) is 6.05. The van der Waals surface area contributed by atoms with Crippen LogP contribution in [0, 0.1) is 5.92 Å². The van der Waals surface area contributed by atoms with Gasteiger partial charge in [-0.2, -0.15) is 0 Å². The Labute approximate surface area is 102 Å². The van der Waals surface area contributed by atoms with E-state index in [1.54, 1.807) is 19.3 Å². The van der Waals surface area contributed by atoms with Crippen molar-refractivity contribution in [2.24, 2.45) is 5.92 Å². The third-order valence-corrected chi connectivity index (χ3v) is 3.32. The fourth-order valence-electron chi connectivity index (χ4n) is 2.45. The van der Waals surface area contributed by atoms with Gasteiger partial charge in [0.05, 0.1) is 12.3 Å². The van der Waals surface area contributed by atoms with Crippen molar-refractivity contribution in [3.05, 3.63) is 24.4 Å². The number of esters is 1. The normalized spacial score (nSPS) is 25.7. The van der Waals surface area contributed by atoms with E-state index in [9.17, 15) is 4.79 Å². The van der Waals surface area contributed by atoms with Crippen LogP contribution < -0.4 is 0 Å². The van der Waals surface area contributed by atoms with Crippen molar-refractivity contribution in [3.8, 4) is 0 Å². The number of cyclic esters (lactones) is 1. The Balaban J connectivity index is 2.12. The molecule has 0 spiro atoms. The summed E-state index contributed by atoms with van der Waals surface area (Å²) in [5.41, 5.74) is 0.995. The van der Waals surface area contributed by atoms with Crippen molar-refractivity contribution in [3.63, 3.8) is 0 Å². The zero-order chi connectivity index (χ0) is 12.3. The van der Waals surface area contributed by atoms with E-state index in [0.717, 1.165) is 18.8 Å². The van der Waals surface area contributed by atoms with Gasteiger partial charge >= 0.3 is 5.97 Å². The highest BCUT2D eigenvalue weighted by atomic mass is 16.6. The molecule has 2 aliphatic rings. The smallest absolute Gasteiger partial charge is 0.333 e. The number of hydrogen-bond donors (Lipinski definition) is 0. The molecule has 4 nitrogen and oxygen atoms in total. The second-order valence-electron chi connectivity index (χ2n) is 4.48. The van der Waals surface area contributed by atoms with E-state index in [0.29, 0.717) is 6.61 Å². The summed E-state index contributed by atoms with van der Waals surface area (Å²) in [6, 6.07) is 0. The van der Waals surface area contributed by atoms with Gasteiger partial charge in [-0.25, -0.2) is 4.79 Å². The fraction of sp³-hybridized carbons (Fsp3) is 0.615. The lowest BCUT2D eigenvalue weighted by molar-refractivity contribution is -0.141. The summed E-state index contributed by atoms with van der Waals surface area (Å²) >= 11 is 0. The zero-order valence-electron chi connectivity index (χ0n) is 10.2. The lowest BCUT2D eigenvalue weighted by Gasteiger charge is -2.27. The molecule has 1 saturated heterocycles. The maximum Gasteiger partial charge on any atom is 0.333 e. The number of carbonyl (C=O) groups is 1. The first-order chi connectivity index (χ1) is 8.26. The average molecular weight is 237 g/mol. The molecule has 0 bridgehead atoms. The summed E-state index contributed by atoms with van der Waals surface area (Å²) in [6.07, 6.45) is 5.56. The molecule has 2 atom stereocenters. The summed E-state index contributed by atoms with van der Waals surface area (Å²) < 4.78 is 10.5. The van der Waals surface area contributed by atoms with E-state index in [1.807, 2.05) is 0 Å². The molecule has 1 fully saturated rings. The largest absolute Gasteiger partial charge is 0.452 e. The van der Waals surface area contributed by atoms with Crippen LogP contribution in [-0.2, 0) is 14.3 Å². The fourth-order valence-corrected chi connectivity index (χ4v) is 2.45. The molecule has 0 aromatic carbocycles.